The number of fused-ring (bicyclic) bond motifs is 1. The number of aromatic hydroxyl groups is 2. The molecule has 3 aromatic rings. The van der Waals surface area contributed by atoms with Gasteiger partial charge in [-0.05, 0) is 55.2 Å². The first-order valence-corrected chi connectivity index (χ1v) is 10.4. The summed E-state index contributed by atoms with van der Waals surface area (Å²) in [5, 5.41) is 28.2. The molecule has 0 unspecified atom stereocenters. The van der Waals surface area contributed by atoms with Crippen LogP contribution in [0.3, 0.4) is 0 Å². The summed E-state index contributed by atoms with van der Waals surface area (Å²) < 4.78 is 10.5. The Morgan fingerprint density at radius 1 is 1.16 bits per heavy atom. The molecule has 168 valence electrons. The topological polar surface area (TPSA) is 108 Å². The summed E-state index contributed by atoms with van der Waals surface area (Å²) in [5.74, 6) is 0.304. The van der Waals surface area contributed by atoms with Crippen molar-refractivity contribution in [3.8, 4) is 28.5 Å². The summed E-state index contributed by atoms with van der Waals surface area (Å²) in [5.41, 5.74) is 4.69. The van der Waals surface area contributed by atoms with Crippen LogP contribution in [0.4, 0.5) is 0 Å². The summed E-state index contributed by atoms with van der Waals surface area (Å²) in [7, 11) is 3.11. The summed E-state index contributed by atoms with van der Waals surface area (Å²) in [4.78, 5) is 15.1. The predicted octanol–water partition coefficient (Wildman–Crippen LogP) is 3.70. The number of amides is 1. The normalized spacial score (nSPS) is 15.3. The number of carbonyl (C=O) groups is 1. The lowest BCUT2D eigenvalue weighted by molar-refractivity contribution is 0.0723. The highest BCUT2D eigenvalue weighted by Crippen LogP contribution is 2.46. The maximum absolute atomic E-state index is 13.3. The third-order valence-electron chi connectivity index (χ3n) is 5.83. The van der Waals surface area contributed by atoms with Crippen molar-refractivity contribution in [3.63, 3.8) is 0 Å². The lowest BCUT2D eigenvalue weighted by atomic mass is 9.94. The SMILES string of the molecule is COCCCN1C(=O)c2[nH]nc(-c3cc(C)cc(C)c3O)c2[C@@H]1c1ccc(O)c(OC)c1. The second-order valence-corrected chi connectivity index (χ2v) is 8.02. The number of ether oxygens (including phenoxy) is 2. The molecule has 1 amide bonds. The minimum absolute atomic E-state index is 0.0195. The number of nitrogens with one attached hydrogen (secondary N) is 1. The van der Waals surface area contributed by atoms with Crippen LogP contribution in [0.25, 0.3) is 11.3 Å². The molecule has 8 nitrogen and oxygen atoms in total. The molecule has 1 aliphatic rings. The number of rotatable bonds is 7. The molecule has 1 aliphatic heterocycles. The van der Waals surface area contributed by atoms with E-state index in [0.29, 0.717) is 47.8 Å². The monoisotopic (exact) mass is 437 g/mol. The maximum atomic E-state index is 13.3. The number of aromatic amines is 1. The predicted molar refractivity (Wildman–Crippen MR) is 119 cm³/mol. The fourth-order valence-electron chi connectivity index (χ4n) is 4.36. The van der Waals surface area contributed by atoms with Crippen molar-refractivity contribution < 1.29 is 24.5 Å². The van der Waals surface area contributed by atoms with E-state index in [9.17, 15) is 15.0 Å². The molecule has 0 aliphatic carbocycles. The first-order chi connectivity index (χ1) is 15.4. The molecular formula is C24H27N3O5. The molecule has 0 bridgehead atoms. The van der Waals surface area contributed by atoms with E-state index >= 15 is 0 Å². The van der Waals surface area contributed by atoms with Crippen molar-refractivity contribution in [2.24, 2.45) is 0 Å². The van der Waals surface area contributed by atoms with Crippen LogP contribution in [0.5, 0.6) is 17.2 Å². The number of aromatic nitrogens is 2. The number of nitrogens with zero attached hydrogens (tertiary/aromatic N) is 2. The molecule has 0 radical (unpaired) electrons. The molecule has 8 heteroatoms. The van der Waals surface area contributed by atoms with Gasteiger partial charge in [-0.3, -0.25) is 9.89 Å². The summed E-state index contributed by atoms with van der Waals surface area (Å²) in [6.07, 6.45) is 0.662. The number of hydrogen-bond acceptors (Lipinski definition) is 6. The van der Waals surface area contributed by atoms with Gasteiger partial charge in [-0.15, -0.1) is 0 Å². The molecule has 3 N–H and O–H groups in total. The van der Waals surface area contributed by atoms with Crippen LogP contribution in [0.2, 0.25) is 0 Å². The summed E-state index contributed by atoms with van der Waals surface area (Å²) in [6.45, 7) is 4.78. The number of carbonyl (C=O) groups excluding carboxylic acids is 1. The Hall–Kier alpha value is -3.52. The summed E-state index contributed by atoms with van der Waals surface area (Å²) >= 11 is 0. The Morgan fingerprint density at radius 2 is 1.94 bits per heavy atom. The largest absolute Gasteiger partial charge is 0.507 e. The number of phenolic OH excluding ortho intramolecular Hbond substituents is 2. The quantitative estimate of drug-likeness (QED) is 0.487. The zero-order chi connectivity index (χ0) is 23.0. The Bertz CT molecular complexity index is 1170. The zero-order valence-corrected chi connectivity index (χ0v) is 18.6. The van der Waals surface area contributed by atoms with Gasteiger partial charge in [-0.1, -0.05) is 12.1 Å². The van der Waals surface area contributed by atoms with E-state index in [1.807, 2.05) is 26.0 Å². The van der Waals surface area contributed by atoms with E-state index < -0.39 is 6.04 Å². The molecule has 0 saturated heterocycles. The molecule has 32 heavy (non-hydrogen) atoms. The van der Waals surface area contributed by atoms with E-state index in [1.54, 1.807) is 30.2 Å². The number of H-pyrrole nitrogens is 1. The highest BCUT2D eigenvalue weighted by atomic mass is 16.5. The van der Waals surface area contributed by atoms with Gasteiger partial charge in [0.05, 0.1) is 13.2 Å². The van der Waals surface area contributed by atoms with Crippen LogP contribution in [0.15, 0.2) is 30.3 Å². The van der Waals surface area contributed by atoms with Crippen LogP contribution in [0, 0.1) is 13.8 Å². The standard InChI is InChI=1S/C24H27N3O5/c1-13-10-14(2)23(29)16(11-13)20-19-21(26-25-20)24(30)27(8-5-9-31-3)22(19)15-6-7-17(28)18(12-15)32-4/h6-7,10-12,22,28-29H,5,8-9H2,1-4H3,(H,25,26)/t22-/m0/s1. The van der Waals surface area contributed by atoms with Crippen molar-refractivity contribution in [2.75, 3.05) is 27.4 Å². The first-order valence-electron chi connectivity index (χ1n) is 10.4. The van der Waals surface area contributed by atoms with Crippen molar-refractivity contribution in [1.29, 1.82) is 0 Å². The van der Waals surface area contributed by atoms with Crippen LogP contribution in [-0.4, -0.2) is 58.6 Å². The second-order valence-electron chi connectivity index (χ2n) is 8.02. The molecule has 2 aromatic carbocycles. The Kier molecular flexibility index (Phi) is 5.80. The highest BCUT2D eigenvalue weighted by Gasteiger charge is 2.42. The minimum Gasteiger partial charge on any atom is -0.507 e. The van der Waals surface area contributed by atoms with Crippen molar-refractivity contribution >= 4 is 5.91 Å². The van der Waals surface area contributed by atoms with Gasteiger partial charge in [0.15, 0.2) is 11.5 Å². The third kappa shape index (κ3) is 3.56. The van der Waals surface area contributed by atoms with Crippen molar-refractivity contribution in [2.45, 2.75) is 26.3 Å². The molecule has 0 fully saturated rings. The maximum Gasteiger partial charge on any atom is 0.273 e. The molecule has 0 spiro atoms. The molecular weight excluding hydrogens is 410 g/mol. The lowest BCUT2D eigenvalue weighted by Crippen LogP contribution is -2.31. The molecule has 0 saturated carbocycles. The number of benzene rings is 2. The van der Waals surface area contributed by atoms with E-state index in [0.717, 1.165) is 16.7 Å². The molecule has 4 rings (SSSR count). The van der Waals surface area contributed by atoms with Gasteiger partial charge in [0.2, 0.25) is 0 Å². The van der Waals surface area contributed by atoms with E-state index in [-0.39, 0.29) is 17.4 Å². The van der Waals surface area contributed by atoms with Crippen molar-refractivity contribution in [1.82, 2.24) is 15.1 Å². The van der Waals surface area contributed by atoms with Crippen LogP contribution in [-0.2, 0) is 4.74 Å². The highest BCUT2D eigenvalue weighted by molar-refractivity contribution is 6.00. The average Bonchev–Trinajstić information content (AvgIpc) is 3.31. The molecule has 2 heterocycles. The average molecular weight is 437 g/mol. The van der Waals surface area contributed by atoms with Gasteiger partial charge in [-0.25, -0.2) is 0 Å². The van der Waals surface area contributed by atoms with Gasteiger partial charge in [-0.2, -0.15) is 5.10 Å². The Labute approximate surface area is 186 Å². The smallest absolute Gasteiger partial charge is 0.273 e. The number of methoxy groups -OCH3 is 2. The minimum atomic E-state index is -0.460. The zero-order valence-electron chi connectivity index (χ0n) is 18.6. The van der Waals surface area contributed by atoms with E-state index in [4.69, 9.17) is 9.47 Å². The molecule has 1 atom stereocenters. The van der Waals surface area contributed by atoms with Crippen molar-refractivity contribution in [3.05, 3.63) is 58.3 Å². The van der Waals surface area contributed by atoms with Gasteiger partial charge < -0.3 is 24.6 Å². The van der Waals surface area contributed by atoms with Crippen LogP contribution >= 0.6 is 0 Å². The van der Waals surface area contributed by atoms with Crippen LogP contribution < -0.4 is 4.74 Å². The second kappa shape index (κ2) is 8.55. The first kappa shape index (κ1) is 21.7. The van der Waals surface area contributed by atoms with Gasteiger partial charge in [0, 0.05) is 31.4 Å². The summed E-state index contributed by atoms with van der Waals surface area (Å²) in [6, 6.07) is 8.35. The number of aryl methyl sites for hydroxylation is 2. The number of hydrogen-bond donors (Lipinski definition) is 3. The van der Waals surface area contributed by atoms with Gasteiger partial charge in [0.25, 0.3) is 5.91 Å². The lowest BCUT2D eigenvalue weighted by Gasteiger charge is -2.27. The Balaban J connectivity index is 1.90. The third-order valence-corrected chi connectivity index (χ3v) is 5.83. The van der Waals surface area contributed by atoms with Gasteiger partial charge >= 0.3 is 0 Å². The fourth-order valence-corrected chi connectivity index (χ4v) is 4.36. The molecule has 1 aromatic heterocycles. The number of phenols is 2. The van der Waals surface area contributed by atoms with Crippen LogP contribution in [0.1, 0.15) is 45.2 Å². The fraction of sp³-hybridized carbons (Fsp3) is 0.333. The van der Waals surface area contributed by atoms with Gasteiger partial charge in [0.1, 0.15) is 17.1 Å². The Morgan fingerprint density at radius 3 is 2.66 bits per heavy atom. The van der Waals surface area contributed by atoms with E-state index in [2.05, 4.69) is 10.2 Å². The van der Waals surface area contributed by atoms with E-state index in [1.165, 1.54) is 7.11 Å².